The zero-order chi connectivity index (χ0) is 7.56. The zero-order valence-corrected chi connectivity index (χ0v) is 7.22. The molecule has 2 heteroatoms. The maximum Gasteiger partial charge on any atom is 0.00187 e. The van der Waals surface area contributed by atoms with E-state index in [0.29, 0.717) is 0 Å². The van der Waals surface area contributed by atoms with Crippen LogP contribution in [0, 0.1) is 11.8 Å². The van der Waals surface area contributed by atoms with Crippen LogP contribution in [0.15, 0.2) is 0 Å². The molecule has 0 saturated carbocycles. The van der Waals surface area contributed by atoms with Gasteiger partial charge in [0.05, 0.1) is 0 Å². The molecule has 10 heavy (non-hydrogen) atoms. The van der Waals surface area contributed by atoms with Crippen molar-refractivity contribution in [2.45, 2.75) is 6.92 Å². The number of hydrogen-bond acceptors (Lipinski definition) is 2. The molecule has 0 spiro atoms. The topological polar surface area (TPSA) is 15.3 Å². The van der Waals surface area contributed by atoms with Gasteiger partial charge in [-0.1, -0.05) is 6.92 Å². The highest BCUT2D eigenvalue weighted by atomic mass is 15.1. The molecule has 0 aliphatic carbocycles. The molecule has 2 atom stereocenters. The summed E-state index contributed by atoms with van der Waals surface area (Å²) in [6.45, 7) is 5.97. The Hall–Kier alpha value is -0.0800. The first-order valence-corrected chi connectivity index (χ1v) is 4.05. The molecule has 60 valence electrons. The van der Waals surface area contributed by atoms with Gasteiger partial charge in [0.2, 0.25) is 0 Å². The first-order valence-electron chi connectivity index (χ1n) is 4.05. The van der Waals surface area contributed by atoms with Crippen LogP contribution in [-0.4, -0.2) is 38.6 Å². The van der Waals surface area contributed by atoms with Crippen molar-refractivity contribution in [1.82, 2.24) is 10.2 Å². The summed E-state index contributed by atoms with van der Waals surface area (Å²) < 4.78 is 0. The van der Waals surface area contributed by atoms with Gasteiger partial charge in [0.25, 0.3) is 0 Å². The van der Waals surface area contributed by atoms with Gasteiger partial charge in [-0.15, -0.1) is 0 Å². The van der Waals surface area contributed by atoms with Crippen LogP contribution in [0.25, 0.3) is 0 Å². The number of nitrogens with one attached hydrogen (secondary N) is 1. The average Bonchev–Trinajstić information content (AvgIpc) is 2.15. The van der Waals surface area contributed by atoms with Gasteiger partial charge < -0.3 is 10.2 Å². The summed E-state index contributed by atoms with van der Waals surface area (Å²) in [4.78, 5) is 2.27. The van der Waals surface area contributed by atoms with E-state index < -0.39 is 0 Å². The van der Waals surface area contributed by atoms with Crippen LogP contribution in [-0.2, 0) is 0 Å². The normalized spacial score (nSPS) is 33.6. The summed E-state index contributed by atoms with van der Waals surface area (Å²) in [6.07, 6.45) is 0. The van der Waals surface area contributed by atoms with Gasteiger partial charge in [-0.3, -0.25) is 0 Å². The van der Waals surface area contributed by atoms with Gasteiger partial charge in [0, 0.05) is 6.54 Å². The fraction of sp³-hybridized carbons (Fsp3) is 1.00. The summed E-state index contributed by atoms with van der Waals surface area (Å²) in [7, 11) is 4.29. The highest BCUT2D eigenvalue weighted by Gasteiger charge is 2.22. The van der Waals surface area contributed by atoms with E-state index in [1.54, 1.807) is 0 Å². The maximum absolute atomic E-state index is 3.40. The van der Waals surface area contributed by atoms with Crippen molar-refractivity contribution in [3.05, 3.63) is 0 Å². The molecule has 0 amide bonds. The summed E-state index contributed by atoms with van der Waals surface area (Å²) in [5, 5.41) is 3.40. The van der Waals surface area contributed by atoms with Gasteiger partial charge in [-0.2, -0.15) is 0 Å². The summed E-state index contributed by atoms with van der Waals surface area (Å²) in [5.41, 5.74) is 0. The fourth-order valence-electron chi connectivity index (χ4n) is 1.58. The van der Waals surface area contributed by atoms with Crippen LogP contribution < -0.4 is 5.32 Å². The molecule has 0 bridgehead atoms. The van der Waals surface area contributed by atoms with Gasteiger partial charge in [0.15, 0.2) is 0 Å². The summed E-state index contributed by atoms with van der Waals surface area (Å²) >= 11 is 0. The smallest absolute Gasteiger partial charge is 0.00187 e. The van der Waals surface area contributed by atoms with Crippen molar-refractivity contribution >= 4 is 0 Å². The average molecular weight is 142 g/mol. The summed E-state index contributed by atoms with van der Waals surface area (Å²) in [6, 6.07) is 0. The van der Waals surface area contributed by atoms with Crippen molar-refractivity contribution in [1.29, 1.82) is 0 Å². The van der Waals surface area contributed by atoms with E-state index in [9.17, 15) is 0 Å². The SMILES string of the molecule is CC1CNCC1CN(C)C. The van der Waals surface area contributed by atoms with Crippen LogP contribution in [0.3, 0.4) is 0 Å². The lowest BCUT2D eigenvalue weighted by atomic mass is 9.98. The van der Waals surface area contributed by atoms with E-state index in [1.807, 2.05) is 0 Å². The second-order valence-electron chi connectivity index (χ2n) is 3.66. The Balaban J connectivity index is 2.26. The number of hydrogen-bond donors (Lipinski definition) is 1. The maximum atomic E-state index is 3.40. The van der Waals surface area contributed by atoms with Crippen molar-refractivity contribution in [3.8, 4) is 0 Å². The molecule has 0 aromatic rings. The largest absolute Gasteiger partial charge is 0.316 e. The predicted octanol–water partition coefficient (Wildman–Crippen LogP) is 0.403. The Kier molecular flexibility index (Phi) is 2.69. The second kappa shape index (κ2) is 3.35. The Labute approximate surface area is 63.6 Å². The monoisotopic (exact) mass is 142 g/mol. The third-order valence-corrected chi connectivity index (χ3v) is 2.28. The van der Waals surface area contributed by atoms with E-state index in [2.05, 4.69) is 31.2 Å². The first kappa shape index (κ1) is 8.02. The van der Waals surface area contributed by atoms with Gasteiger partial charge in [-0.25, -0.2) is 0 Å². The van der Waals surface area contributed by atoms with Crippen molar-refractivity contribution < 1.29 is 0 Å². The molecule has 1 heterocycles. The van der Waals surface area contributed by atoms with Crippen LogP contribution in [0.4, 0.5) is 0 Å². The predicted molar refractivity (Wildman–Crippen MR) is 44.1 cm³/mol. The Morgan fingerprint density at radius 1 is 1.40 bits per heavy atom. The molecule has 2 unspecified atom stereocenters. The van der Waals surface area contributed by atoms with Crippen molar-refractivity contribution in [3.63, 3.8) is 0 Å². The van der Waals surface area contributed by atoms with Crippen LogP contribution >= 0.6 is 0 Å². The van der Waals surface area contributed by atoms with Gasteiger partial charge >= 0.3 is 0 Å². The van der Waals surface area contributed by atoms with E-state index >= 15 is 0 Å². The van der Waals surface area contributed by atoms with E-state index in [1.165, 1.54) is 19.6 Å². The lowest BCUT2D eigenvalue weighted by molar-refractivity contribution is 0.300. The van der Waals surface area contributed by atoms with Crippen LogP contribution in [0.2, 0.25) is 0 Å². The summed E-state index contributed by atoms with van der Waals surface area (Å²) in [5.74, 6) is 1.73. The molecular formula is C8H18N2. The molecule has 2 nitrogen and oxygen atoms in total. The third kappa shape index (κ3) is 1.96. The molecule has 1 aliphatic rings. The lowest BCUT2D eigenvalue weighted by Crippen LogP contribution is -2.25. The zero-order valence-electron chi connectivity index (χ0n) is 7.22. The molecule has 1 rings (SSSR count). The minimum atomic E-state index is 0.863. The number of nitrogens with zero attached hydrogens (tertiary/aromatic N) is 1. The molecule has 0 radical (unpaired) electrons. The highest BCUT2D eigenvalue weighted by molar-refractivity contribution is 4.79. The molecular weight excluding hydrogens is 124 g/mol. The number of rotatable bonds is 2. The lowest BCUT2D eigenvalue weighted by Gasteiger charge is -2.18. The third-order valence-electron chi connectivity index (χ3n) is 2.28. The van der Waals surface area contributed by atoms with E-state index in [4.69, 9.17) is 0 Å². The van der Waals surface area contributed by atoms with E-state index in [0.717, 1.165) is 11.8 Å². The minimum absolute atomic E-state index is 0.863. The quantitative estimate of drug-likeness (QED) is 0.600. The minimum Gasteiger partial charge on any atom is -0.316 e. The molecule has 0 aromatic carbocycles. The van der Waals surface area contributed by atoms with Gasteiger partial charge in [0.1, 0.15) is 0 Å². The van der Waals surface area contributed by atoms with E-state index in [-0.39, 0.29) is 0 Å². The molecule has 1 aliphatic heterocycles. The molecule has 1 fully saturated rings. The van der Waals surface area contributed by atoms with Crippen LogP contribution in [0.1, 0.15) is 6.92 Å². The Morgan fingerprint density at radius 2 is 2.10 bits per heavy atom. The standard InChI is InChI=1S/C8H18N2/c1-7-4-9-5-8(7)6-10(2)3/h7-9H,4-6H2,1-3H3. The van der Waals surface area contributed by atoms with Crippen LogP contribution in [0.5, 0.6) is 0 Å². The Morgan fingerprint density at radius 3 is 2.50 bits per heavy atom. The molecule has 1 saturated heterocycles. The molecule has 1 N–H and O–H groups in total. The van der Waals surface area contributed by atoms with Gasteiger partial charge in [-0.05, 0) is 39.0 Å². The van der Waals surface area contributed by atoms with Crippen molar-refractivity contribution in [2.75, 3.05) is 33.7 Å². The second-order valence-corrected chi connectivity index (χ2v) is 3.66. The Bertz CT molecular complexity index is 101. The highest BCUT2D eigenvalue weighted by Crippen LogP contribution is 2.15. The first-order chi connectivity index (χ1) is 4.70. The van der Waals surface area contributed by atoms with Crippen molar-refractivity contribution in [2.24, 2.45) is 11.8 Å². The molecule has 0 aromatic heterocycles. The fourth-order valence-corrected chi connectivity index (χ4v) is 1.58.